The second-order valence-corrected chi connectivity index (χ2v) is 4.08. The van der Waals surface area contributed by atoms with Gasteiger partial charge in [0.05, 0.1) is 5.56 Å². The summed E-state index contributed by atoms with van der Waals surface area (Å²) in [6.07, 6.45) is 6.40. The van der Waals surface area contributed by atoms with Crippen LogP contribution < -0.4 is 5.32 Å². The van der Waals surface area contributed by atoms with E-state index in [1.165, 1.54) is 18.2 Å². The maximum absolute atomic E-state index is 11.9. The predicted molar refractivity (Wildman–Crippen MR) is 68.1 cm³/mol. The van der Waals surface area contributed by atoms with Crippen LogP contribution in [0.1, 0.15) is 30.1 Å². The third-order valence-electron chi connectivity index (χ3n) is 2.40. The minimum atomic E-state index is -0.368. The Hall–Kier alpha value is -1.66. The summed E-state index contributed by atoms with van der Waals surface area (Å²) in [7, 11) is 0. The number of amides is 1. The number of carbonyl (C=O) groups excluding carboxylic acids is 1. The summed E-state index contributed by atoms with van der Waals surface area (Å²) in [5.41, 5.74) is 0.160. The molecule has 90 valence electrons. The lowest BCUT2D eigenvalue weighted by Crippen LogP contribution is -2.34. The highest BCUT2D eigenvalue weighted by Crippen LogP contribution is 2.21. The van der Waals surface area contributed by atoms with E-state index in [4.69, 9.17) is 18.0 Å². The lowest BCUT2D eigenvalue weighted by molar-refractivity contribution is 0.0934. The van der Waals surface area contributed by atoms with Crippen molar-refractivity contribution >= 4 is 17.5 Å². The summed E-state index contributed by atoms with van der Waals surface area (Å²) < 4.78 is 0. The summed E-state index contributed by atoms with van der Waals surface area (Å²) in [6, 6.07) is 4.24. The van der Waals surface area contributed by atoms with Crippen molar-refractivity contribution in [2.75, 3.05) is 0 Å². The van der Waals surface area contributed by atoms with Crippen LogP contribution >= 0.6 is 11.6 Å². The monoisotopic (exact) mass is 251 g/mol. The largest absolute Gasteiger partial charge is 0.507 e. The minimum Gasteiger partial charge on any atom is -0.507 e. The van der Waals surface area contributed by atoms with Crippen molar-refractivity contribution in [3.05, 3.63) is 28.8 Å². The number of halogens is 1. The van der Waals surface area contributed by atoms with Crippen LogP contribution in [0.4, 0.5) is 0 Å². The highest BCUT2D eigenvalue weighted by molar-refractivity contribution is 6.31. The Morgan fingerprint density at radius 2 is 2.35 bits per heavy atom. The van der Waals surface area contributed by atoms with E-state index >= 15 is 0 Å². The summed E-state index contributed by atoms with van der Waals surface area (Å²) in [6.45, 7) is 1.93. The van der Waals surface area contributed by atoms with Crippen LogP contribution in [0.5, 0.6) is 5.75 Å². The van der Waals surface area contributed by atoms with Crippen LogP contribution in [0.15, 0.2) is 18.2 Å². The van der Waals surface area contributed by atoms with Gasteiger partial charge < -0.3 is 10.4 Å². The molecule has 1 atom stereocenters. The molecule has 0 aliphatic heterocycles. The van der Waals surface area contributed by atoms with E-state index in [1.807, 2.05) is 6.92 Å². The molecule has 0 fully saturated rings. The van der Waals surface area contributed by atoms with Crippen LogP contribution in [-0.2, 0) is 0 Å². The fourth-order valence-electron chi connectivity index (χ4n) is 1.39. The van der Waals surface area contributed by atoms with Gasteiger partial charge in [0, 0.05) is 17.5 Å². The van der Waals surface area contributed by atoms with Crippen molar-refractivity contribution in [2.45, 2.75) is 25.8 Å². The van der Waals surface area contributed by atoms with Crippen LogP contribution in [-0.4, -0.2) is 17.1 Å². The number of hydrogen-bond donors (Lipinski definition) is 2. The molecule has 1 rings (SSSR count). The van der Waals surface area contributed by atoms with E-state index in [1.54, 1.807) is 0 Å². The molecular formula is C13H14ClNO2. The van der Waals surface area contributed by atoms with Crippen LogP contribution in [0, 0.1) is 12.3 Å². The van der Waals surface area contributed by atoms with Gasteiger partial charge in [0.25, 0.3) is 5.91 Å². The molecule has 0 aliphatic carbocycles. The quantitative estimate of drug-likeness (QED) is 0.808. The van der Waals surface area contributed by atoms with Gasteiger partial charge in [0.1, 0.15) is 5.75 Å². The molecule has 0 bridgehead atoms. The summed E-state index contributed by atoms with van der Waals surface area (Å²) in [5, 5.41) is 12.7. The first-order valence-corrected chi connectivity index (χ1v) is 5.69. The van der Waals surface area contributed by atoms with E-state index in [9.17, 15) is 9.90 Å². The van der Waals surface area contributed by atoms with Gasteiger partial charge in [0.2, 0.25) is 0 Å². The number of benzene rings is 1. The van der Waals surface area contributed by atoms with Gasteiger partial charge in [-0.3, -0.25) is 4.79 Å². The van der Waals surface area contributed by atoms with Gasteiger partial charge in [0.15, 0.2) is 0 Å². The standard InChI is InChI=1S/C13H14ClNO2/c1-3-5-10(4-2)15-13(17)11-8-9(14)6-7-12(11)16/h1,6-8,10,16H,4-5H2,2H3,(H,15,17). The second-order valence-electron chi connectivity index (χ2n) is 3.65. The molecule has 0 spiro atoms. The Labute approximate surface area is 106 Å². The van der Waals surface area contributed by atoms with Crippen LogP contribution in [0.2, 0.25) is 5.02 Å². The Kier molecular flexibility index (Phi) is 4.86. The third kappa shape index (κ3) is 3.69. The van der Waals surface area contributed by atoms with Gasteiger partial charge in [-0.15, -0.1) is 12.3 Å². The Balaban J connectivity index is 2.82. The highest BCUT2D eigenvalue weighted by Gasteiger charge is 2.15. The van der Waals surface area contributed by atoms with Gasteiger partial charge >= 0.3 is 0 Å². The molecule has 0 saturated heterocycles. The SMILES string of the molecule is C#CCC(CC)NC(=O)c1cc(Cl)ccc1O. The van der Waals surface area contributed by atoms with Crippen molar-refractivity contribution in [1.29, 1.82) is 0 Å². The van der Waals surface area contributed by atoms with Crippen molar-refractivity contribution in [2.24, 2.45) is 0 Å². The fraction of sp³-hybridized carbons (Fsp3) is 0.308. The number of carbonyl (C=O) groups is 1. The molecule has 2 N–H and O–H groups in total. The predicted octanol–water partition coefficient (Wildman–Crippen LogP) is 2.58. The average molecular weight is 252 g/mol. The van der Waals surface area contributed by atoms with Gasteiger partial charge in [-0.2, -0.15) is 0 Å². The lowest BCUT2D eigenvalue weighted by atomic mass is 10.1. The average Bonchev–Trinajstić information content (AvgIpc) is 2.31. The Morgan fingerprint density at radius 1 is 1.65 bits per heavy atom. The first-order valence-electron chi connectivity index (χ1n) is 5.31. The third-order valence-corrected chi connectivity index (χ3v) is 2.63. The molecule has 0 aliphatic rings. The molecule has 3 nitrogen and oxygen atoms in total. The molecule has 0 saturated carbocycles. The number of phenols is 1. The molecule has 1 aromatic rings. The number of phenolic OH excluding ortho intramolecular Hbond substituents is 1. The highest BCUT2D eigenvalue weighted by atomic mass is 35.5. The first-order chi connectivity index (χ1) is 8.08. The van der Waals surface area contributed by atoms with E-state index < -0.39 is 0 Å². The summed E-state index contributed by atoms with van der Waals surface area (Å²) in [5.74, 6) is 2.03. The van der Waals surface area contributed by atoms with E-state index in [0.717, 1.165) is 6.42 Å². The number of rotatable bonds is 4. The molecule has 1 amide bonds. The zero-order valence-corrected chi connectivity index (χ0v) is 10.3. The smallest absolute Gasteiger partial charge is 0.255 e. The number of nitrogens with one attached hydrogen (secondary N) is 1. The van der Waals surface area contributed by atoms with Gasteiger partial charge in [-0.1, -0.05) is 18.5 Å². The second kappa shape index (κ2) is 6.17. The van der Waals surface area contributed by atoms with Crippen molar-refractivity contribution in [3.8, 4) is 18.1 Å². The molecular weight excluding hydrogens is 238 g/mol. The van der Waals surface area contributed by atoms with Crippen LogP contribution in [0.3, 0.4) is 0 Å². The maximum atomic E-state index is 11.9. The number of terminal acetylenes is 1. The maximum Gasteiger partial charge on any atom is 0.255 e. The van der Waals surface area contributed by atoms with Crippen molar-refractivity contribution in [3.63, 3.8) is 0 Å². The minimum absolute atomic E-state index is 0.0918. The van der Waals surface area contributed by atoms with Gasteiger partial charge in [-0.05, 0) is 24.6 Å². The van der Waals surface area contributed by atoms with Crippen molar-refractivity contribution < 1.29 is 9.90 Å². The molecule has 0 heterocycles. The number of aromatic hydroxyl groups is 1. The first kappa shape index (κ1) is 13.4. The molecule has 0 radical (unpaired) electrons. The molecule has 17 heavy (non-hydrogen) atoms. The Morgan fingerprint density at radius 3 is 2.94 bits per heavy atom. The topological polar surface area (TPSA) is 49.3 Å². The Bertz CT molecular complexity index is 451. The molecule has 1 aromatic carbocycles. The summed E-state index contributed by atoms with van der Waals surface area (Å²) >= 11 is 5.77. The van der Waals surface area contributed by atoms with Gasteiger partial charge in [-0.25, -0.2) is 0 Å². The number of hydrogen-bond acceptors (Lipinski definition) is 2. The van der Waals surface area contributed by atoms with E-state index in [0.29, 0.717) is 11.4 Å². The fourth-order valence-corrected chi connectivity index (χ4v) is 1.57. The van der Waals surface area contributed by atoms with Crippen LogP contribution in [0.25, 0.3) is 0 Å². The molecule has 4 heteroatoms. The molecule has 1 unspecified atom stereocenters. The molecule has 0 aromatic heterocycles. The zero-order chi connectivity index (χ0) is 12.8. The van der Waals surface area contributed by atoms with E-state index in [2.05, 4.69) is 11.2 Å². The lowest BCUT2D eigenvalue weighted by Gasteiger charge is -2.14. The van der Waals surface area contributed by atoms with Crippen molar-refractivity contribution in [1.82, 2.24) is 5.32 Å². The zero-order valence-electron chi connectivity index (χ0n) is 9.53. The van der Waals surface area contributed by atoms with E-state index in [-0.39, 0.29) is 23.3 Å². The summed E-state index contributed by atoms with van der Waals surface area (Å²) in [4.78, 5) is 11.9. The normalized spacial score (nSPS) is 11.6.